The van der Waals surface area contributed by atoms with Gasteiger partial charge in [-0.2, -0.15) is 0 Å². The van der Waals surface area contributed by atoms with Gasteiger partial charge in [-0.3, -0.25) is 4.79 Å². The molecule has 3 N–H and O–H groups in total. The van der Waals surface area contributed by atoms with Gasteiger partial charge < -0.3 is 11.1 Å². The van der Waals surface area contributed by atoms with E-state index < -0.39 is 0 Å². The molecule has 2 bridgehead atoms. The minimum Gasteiger partial charge on any atom is -0.399 e. The Morgan fingerprint density at radius 3 is 2.83 bits per heavy atom. The van der Waals surface area contributed by atoms with E-state index in [4.69, 9.17) is 17.3 Å². The highest BCUT2D eigenvalue weighted by atomic mass is 35.5. The second-order valence-corrected chi connectivity index (χ2v) is 5.90. The monoisotopic (exact) mass is 264 g/mol. The van der Waals surface area contributed by atoms with Crippen LogP contribution in [0.1, 0.15) is 36.0 Å². The molecule has 0 heterocycles. The Hall–Kier alpha value is -1.22. The van der Waals surface area contributed by atoms with Crippen LogP contribution in [0.25, 0.3) is 0 Å². The Morgan fingerprint density at radius 2 is 2.17 bits per heavy atom. The quantitative estimate of drug-likeness (QED) is 0.807. The fraction of sp³-hybridized carbons (Fsp3) is 0.500. The van der Waals surface area contributed by atoms with Crippen molar-refractivity contribution in [3.05, 3.63) is 28.8 Å². The zero-order chi connectivity index (χ0) is 12.7. The van der Waals surface area contributed by atoms with Crippen LogP contribution in [0.5, 0.6) is 0 Å². The van der Waals surface area contributed by atoms with Gasteiger partial charge in [-0.05, 0) is 49.3 Å². The third-order valence-electron chi connectivity index (χ3n) is 4.29. The fourth-order valence-electron chi connectivity index (χ4n) is 3.38. The zero-order valence-electron chi connectivity index (χ0n) is 10.2. The Balaban J connectivity index is 1.73. The highest BCUT2D eigenvalue weighted by Gasteiger charge is 2.40. The predicted octanol–water partition coefficient (Wildman–Crippen LogP) is 2.84. The molecule has 0 spiro atoms. The van der Waals surface area contributed by atoms with Crippen molar-refractivity contribution in [2.24, 2.45) is 11.8 Å². The maximum absolute atomic E-state index is 12.2. The summed E-state index contributed by atoms with van der Waals surface area (Å²) in [4.78, 5) is 12.2. The van der Waals surface area contributed by atoms with Crippen molar-refractivity contribution < 1.29 is 4.79 Å². The lowest BCUT2D eigenvalue weighted by molar-refractivity contribution is 0.0923. The van der Waals surface area contributed by atoms with Crippen molar-refractivity contribution >= 4 is 23.2 Å². The summed E-state index contributed by atoms with van der Waals surface area (Å²) in [6, 6.07) is 5.35. The maximum Gasteiger partial charge on any atom is 0.253 e. The van der Waals surface area contributed by atoms with E-state index in [1.807, 2.05) is 0 Å². The minimum absolute atomic E-state index is 0.0927. The largest absolute Gasteiger partial charge is 0.399 e. The van der Waals surface area contributed by atoms with Crippen LogP contribution in [0.15, 0.2) is 18.2 Å². The number of nitrogens with one attached hydrogen (secondary N) is 1. The van der Waals surface area contributed by atoms with Gasteiger partial charge in [-0.15, -0.1) is 0 Å². The van der Waals surface area contributed by atoms with Gasteiger partial charge >= 0.3 is 0 Å². The lowest BCUT2D eigenvalue weighted by Gasteiger charge is -2.23. The molecule has 2 aliphatic rings. The summed E-state index contributed by atoms with van der Waals surface area (Å²) in [5.41, 5.74) is 6.75. The van der Waals surface area contributed by atoms with Crippen LogP contribution >= 0.6 is 11.6 Å². The van der Waals surface area contributed by atoms with E-state index in [0.717, 1.165) is 12.3 Å². The van der Waals surface area contributed by atoms with E-state index in [1.54, 1.807) is 18.2 Å². The number of anilines is 1. The molecule has 0 aromatic heterocycles. The van der Waals surface area contributed by atoms with Crippen LogP contribution in [0.2, 0.25) is 5.02 Å². The van der Waals surface area contributed by atoms with E-state index in [9.17, 15) is 4.79 Å². The highest BCUT2D eigenvalue weighted by Crippen LogP contribution is 2.44. The molecule has 4 heteroatoms. The van der Waals surface area contributed by atoms with Gasteiger partial charge in [-0.1, -0.05) is 18.0 Å². The minimum atomic E-state index is -0.0927. The van der Waals surface area contributed by atoms with E-state index in [2.05, 4.69) is 5.32 Å². The molecule has 3 unspecified atom stereocenters. The number of fused-ring (bicyclic) bond motifs is 2. The zero-order valence-corrected chi connectivity index (χ0v) is 10.9. The predicted molar refractivity (Wildman–Crippen MR) is 72.6 cm³/mol. The van der Waals surface area contributed by atoms with E-state index in [-0.39, 0.29) is 5.91 Å². The van der Waals surface area contributed by atoms with Gasteiger partial charge in [0.1, 0.15) is 0 Å². The fourth-order valence-corrected chi connectivity index (χ4v) is 3.59. The number of benzene rings is 1. The number of carbonyl (C=O) groups is 1. The van der Waals surface area contributed by atoms with Gasteiger partial charge in [0.05, 0.1) is 10.6 Å². The molecule has 0 saturated heterocycles. The molecule has 1 aromatic carbocycles. The molecule has 18 heavy (non-hydrogen) atoms. The van der Waals surface area contributed by atoms with Crippen LogP contribution in [0, 0.1) is 11.8 Å². The number of carbonyl (C=O) groups excluding carboxylic acids is 1. The molecular formula is C14H17ClN2O. The number of nitrogen functional groups attached to an aromatic ring is 1. The first-order chi connectivity index (χ1) is 8.63. The van der Waals surface area contributed by atoms with Crippen molar-refractivity contribution in [3.8, 4) is 0 Å². The smallest absolute Gasteiger partial charge is 0.253 e. The molecule has 0 aliphatic heterocycles. The van der Waals surface area contributed by atoms with Gasteiger partial charge in [0.25, 0.3) is 5.91 Å². The topological polar surface area (TPSA) is 55.1 Å². The summed E-state index contributed by atoms with van der Waals surface area (Å²) in [5, 5.41) is 3.58. The first-order valence-electron chi connectivity index (χ1n) is 6.49. The second kappa shape index (κ2) is 4.47. The summed E-state index contributed by atoms with van der Waals surface area (Å²) in [6.45, 7) is 0. The van der Waals surface area contributed by atoms with Crippen molar-refractivity contribution in [1.82, 2.24) is 5.32 Å². The van der Waals surface area contributed by atoms with Gasteiger partial charge in [-0.25, -0.2) is 0 Å². The first kappa shape index (κ1) is 11.8. The molecular weight excluding hydrogens is 248 g/mol. The average Bonchev–Trinajstić information content (AvgIpc) is 2.94. The van der Waals surface area contributed by atoms with Crippen molar-refractivity contribution in [3.63, 3.8) is 0 Å². The first-order valence-corrected chi connectivity index (χ1v) is 6.87. The van der Waals surface area contributed by atoms with E-state index in [1.165, 1.54) is 19.3 Å². The molecule has 2 aliphatic carbocycles. The van der Waals surface area contributed by atoms with Crippen LogP contribution in [-0.2, 0) is 0 Å². The lowest BCUT2D eigenvalue weighted by atomic mass is 9.95. The van der Waals surface area contributed by atoms with Crippen LogP contribution in [0.3, 0.4) is 0 Å². The number of amides is 1. The van der Waals surface area contributed by atoms with Gasteiger partial charge in [0.2, 0.25) is 0 Å². The molecule has 3 atom stereocenters. The van der Waals surface area contributed by atoms with E-state index >= 15 is 0 Å². The summed E-state index contributed by atoms with van der Waals surface area (Å²) < 4.78 is 0. The molecule has 96 valence electrons. The third-order valence-corrected chi connectivity index (χ3v) is 4.62. The summed E-state index contributed by atoms with van der Waals surface area (Å²) in [7, 11) is 0. The van der Waals surface area contributed by atoms with Crippen molar-refractivity contribution in [1.29, 1.82) is 0 Å². The van der Waals surface area contributed by atoms with Crippen LogP contribution in [0.4, 0.5) is 5.69 Å². The van der Waals surface area contributed by atoms with Crippen LogP contribution < -0.4 is 11.1 Å². The molecule has 2 saturated carbocycles. The standard InChI is InChI=1S/C14H17ClN2O/c15-12-4-3-10(16)7-11(12)14(18)17-13-6-8-1-2-9(13)5-8/h3-4,7-9,13H,1-2,5-6,16H2,(H,17,18). The number of halogens is 1. The summed E-state index contributed by atoms with van der Waals surface area (Å²) >= 11 is 6.04. The molecule has 1 aromatic rings. The van der Waals surface area contributed by atoms with Gasteiger partial charge in [0, 0.05) is 11.7 Å². The Labute approximate surface area is 112 Å². The van der Waals surface area contributed by atoms with E-state index in [0.29, 0.717) is 28.2 Å². The highest BCUT2D eigenvalue weighted by molar-refractivity contribution is 6.34. The Kier molecular flexibility index (Phi) is 2.94. The molecule has 3 nitrogen and oxygen atoms in total. The molecule has 2 fully saturated rings. The number of nitrogens with two attached hydrogens (primary N) is 1. The Bertz CT molecular complexity index is 489. The van der Waals surface area contributed by atoms with Crippen molar-refractivity contribution in [2.45, 2.75) is 31.7 Å². The molecule has 0 radical (unpaired) electrons. The average molecular weight is 265 g/mol. The Morgan fingerprint density at radius 1 is 1.33 bits per heavy atom. The molecule has 1 amide bonds. The normalized spacial score (nSPS) is 29.5. The lowest BCUT2D eigenvalue weighted by Crippen LogP contribution is -2.38. The van der Waals surface area contributed by atoms with Crippen molar-refractivity contribution in [2.75, 3.05) is 5.73 Å². The third kappa shape index (κ3) is 2.07. The summed E-state index contributed by atoms with van der Waals surface area (Å²) in [5.74, 6) is 1.39. The number of rotatable bonds is 2. The SMILES string of the molecule is Nc1ccc(Cl)c(C(=O)NC2CC3CCC2C3)c1. The number of hydrogen-bond donors (Lipinski definition) is 2. The van der Waals surface area contributed by atoms with Gasteiger partial charge in [0.15, 0.2) is 0 Å². The maximum atomic E-state index is 12.2. The second-order valence-electron chi connectivity index (χ2n) is 5.49. The summed E-state index contributed by atoms with van der Waals surface area (Å²) in [6.07, 6.45) is 4.97. The number of hydrogen-bond acceptors (Lipinski definition) is 2. The molecule has 3 rings (SSSR count). The van der Waals surface area contributed by atoms with Crippen LogP contribution in [-0.4, -0.2) is 11.9 Å².